The highest BCUT2D eigenvalue weighted by Crippen LogP contribution is 2.29. The number of rotatable bonds is 5. The molecule has 1 amide bonds. The van der Waals surface area contributed by atoms with Crippen LogP contribution in [0.2, 0.25) is 0 Å². The van der Waals surface area contributed by atoms with Crippen LogP contribution in [0.4, 0.5) is 29.9 Å². The van der Waals surface area contributed by atoms with Crippen molar-refractivity contribution in [3.63, 3.8) is 0 Å². The molecule has 2 heterocycles. The molecule has 28 heavy (non-hydrogen) atoms. The Hall–Kier alpha value is -3.34. The molecule has 0 fully saturated rings. The number of nitrogens with zero attached hydrogens (tertiary/aromatic N) is 3. The average Bonchev–Trinajstić information content (AvgIpc) is 3.10. The summed E-state index contributed by atoms with van der Waals surface area (Å²) >= 11 is 0.846. The Morgan fingerprint density at radius 1 is 1.14 bits per heavy atom. The van der Waals surface area contributed by atoms with E-state index in [2.05, 4.69) is 20.3 Å². The molecule has 3 aromatic rings. The third-order valence-electron chi connectivity index (χ3n) is 3.42. The summed E-state index contributed by atoms with van der Waals surface area (Å²) in [7, 11) is 0. The van der Waals surface area contributed by atoms with Crippen molar-refractivity contribution in [2.75, 3.05) is 10.6 Å². The molecule has 3 rings (SSSR count). The van der Waals surface area contributed by atoms with Crippen molar-refractivity contribution in [1.82, 2.24) is 15.0 Å². The zero-order chi connectivity index (χ0) is 20.3. The Balaban J connectivity index is 1.78. The van der Waals surface area contributed by atoms with Gasteiger partial charge in [0.2, 0.25) is 5.95 Å². The molecule has 0 aliphatic rings. The van der Waals surface area contributed by atoms with E-state index in [1.807, 2.05) is 0 Å². The molecule has 0 aliphatic carbocycles. The molecule has 2 aromatic heterocycles. The molecule has 144 valence electrons. The van der Waals surface area contributed by atoms with Crippen LogP contribution in [0.3, 0.4) is 0 Å². The summed E-state index contributed by atoms with van der Waals surface area (Å²) in [6.07, 6.45) is -2.22. The van der Waals surface area contributed by atoms with Gasteiger partial charge in [-0.2, -0.15) is 13.2 Å². The standard InChI is InChI=1S/C17H12F3N5O2S/c1-9(26)10-3-2-4-11(7-10)23-15-21-6-5-12(24-15)13-8-22-16(28-13)25-14(27)17(18,19)20/h2-8H,1H3,(H,21,23,24)(H,22,25,27). The number of benzene rings is 1. The molecule has 0 radical (unpaired) electrons. The van der Waals surface area contributed by atoms with Crippen LogP contribution in [0.25, 0.3) is 10.6 Å². The van der Waals surface area contributed by atoms with Gasteiger partial charge in [-0.3, -0.25) is 14.9 Å². The predicted octanol–water partition coefficient (Wildman–Crippen LogP) is 4.05. The first-order valence-corrected chi connectivity index (χ1v) is 8.59. The zero-order valence-corrected chi connectivity index (χ0v) is 15.1. The summed E-state index contributed by atoms with van der Waals surface area (Å²) in [5.74, 6) is -1.95. The highest BCUT2D eigenvalue weighted by atomic mass is 32.1. The van der Waals surface area contributed by atoms with Crippen LogP contribution in [-0.2, 0) is 4.79 Å². The van der Waals surface area contributed by atoms with Crippen molar-refractivity contribution in [3.8, 4) is 10.6 Å². The van der Waals surface area contributed by atoms with Gasteiger partial charge >= 0.3 is 12.1 Å². The van der Waals surface area contributed by atoms with Crippen molar-refractivity contribution in [2.24, 2.45) is 0 Å². The molecule has 7 nitrogen and oxygen atoms in total. The van der Waals surface area contributed by atoms with E-state index in [-0.39, 0.29) is 16.9 Å². The van der Waals surface area contributed by atoms with Crippen molar-refractivity contribution in [3.05, 3.63) is 48.3 Å². The van der Waals surface area contributed by atoms with Gasteiger partial charge in [0.05, 0.1) is 10.6 Å². The number of hydrogen-bond donors (Lipinski definition) is 2. The van der Waals surface area contributed by atoms with Crippen LogP contribution in [0.15, 0.2) is 42.7 Å². The zero-order valence-electron chi connectivity index (χ0n) is 14.2. The summed E-state index contributed by atoms with van der Waals surface area (Å²) in [5.41, 5.74) is 1.53. The van der Waals surface area contributed by atoms with Crippen LogP contribution < -0.4 is 10.6 Å². The van der Waals surface area contributed by atoms with Gasteiger partial charge in [0.25, 0.3) is 0 Å². The van der Waals surface area contributed by atoms with E-state index in [1.165, 1.54) is 19.3 Å². The molecule has 0 unspecified atom stereocenters. The van der Waals surface area contributed by atoms with E-state index in [0.717, 1.165) is 11.3 Å². The van der Waals surface area contributed by atoms with Gasteiger partial charge in [-0.1, -0.05) is 23.5 Å². The van der Waals surface area contributed by atoms with Gasteiger partial charge < -0.3 is 5.32 Å². The van der Waals surface area contributed by atoms with Gasteiger partial charge in [-0.25, -0.2) is 15.0 Å². The third-order valence-corrected chi connectivity index (χ3v) is 4.35. The van der Waals surface area contributed by atoms with Crippen LogP contribution >= 0.6 is 11.3 Å². The van der Waals surface area contributed by atoms with E-state index < -0.39 is 12.1 Å². The maximum atomic E-state index is 12.3. The number of hydrogen-bond acceptors (Lipinski definition) is 7. The fourth-order valence-corrected chi connectivity index (χ4v) is 2.90. The lowest BCUT2D eigenvalue weighted by molar-refractivity contribution is -0.167. The average molecular weight is 407 g/mol. The number of Topliss-reactive ketones (excluding diaryl/α,β-unsaturated/α-hetero) is 1. The number of amides is 1. The number of thiazole rings is 1. The Bertz CT molecular complexity index is 1040. The molecule has 0 spiro atoms. The van der Waals surface area contributed by atoms with E-state index in [9.17, 15) is 22.8 Å². The van der Waals surface area contributed by atoms with Gasteiger partial charge in [-0.05, 0) is 25.1 Å². The number of carbonyl (C=O) groups excluding carboxylic acids is 2. The second-order valence-electron chi connectivity index (χ2n) is 5.51. The topological polar surface area (TPSA) is 96.9 Å². The first-order chi connectivity index (χ1) is 13.2. The van der Waals surface area contributed by atoms with Crippen molar-refractivity contribution in [2.45, 2.75) is 13.1 Å². The molecule has 0 atom stereocenters. The van der Waals surface area contributed by atoms with E-state index in [0.29, 0.717) is 21.8 Å². The summed E-state index contributed by atoms with van der Waals surface area (Å²) < 4.78 is 37.0. The summed E-state index contributed by atoms with van der Waals surface area (Å²) in [6.45, 7) is 1.45. The number of halogens is 3. The first-order valence-electron chi connectivity index (χ1n) is 7.78. The molecule has 0 saturated heterocycles. The molecular weight excluding hydrogens is 395 g/mol. The van der Waals surface area contributed by atoms with Gasteiger partial charge in [0.1, 0.15) is 0 Å². The Labute approximate surface area is 160 Å². The maximum Gasteiger partial charge on any atom is 0.471 e. The second kappa shape index (κ2) is 7.72. The summed E-state index contributed by atoms with van der Waals surface area (Å²) in [6, 6.07) is 8.33. The predicted molar refractivity (Wildman–Crippen MR) is 97.6 cm³/mol. The Morgan fingerprint density at radius 3 is 2.64 bits per heavy atom. The van der Waals surface area contributed by atoms with Gasteiger partial charge in [-0.15, -0.1) is 0 Å². The Morgan fingerprint density at radius 2 is 1.93 bits per heavy atom. The normalized spacial score (nSPS) is 11.1. The minimum Gasteiger partial charge on any atom is -0.324 e. The van der Waals surface area contributed by atoms with Crippen molar-refractivity contribution < 1.29 is 22.8 Å². The molecule has 1 aromatic carbocycles. The number of anilines is 3. The molecule has 0 bridgehead atoms. The summed E-state index contributed by atoms with van der Waals surface area (Å²) in [5, 5.41) is 4.46. The first kappa shape index (κ1) is 19.4. The van der Waals surface area contributed by atoms with Crippen LogP contribution in [0.5, 0.6) is 0 Å². The molecule has 0 saturated carbocycles. The van der Waals surface area contributed by atoms with Crippen molar-refractivity contribution in [1.29, 1.82) is 0 Å². The monoisotopic (exact) mass is 407 g/mol. The molecule has 0 aliphatic heterocycles. The highest BCUT2D eigenvalue weighted by Gasteiger charge is 2.39. The number of nitrogens with one attached hydrogen (secondary N) is 2. The quantitative estimate of drug-likeness (QED) is 0.620. The second-order valence-corrected chi connectivity index (χ2v) is 6.54. The number of alkyl halides is 3. The number of carbonyl (C=O) groups is 2. The Kier molecular flexibility index (Phi) is 5.36. The SMILES string of the molecule is CC(=O)c1cccc(Nc2nccc(-c3cnc(NC(=O)C(F)(F)F)s3)n2)c1. The third kappa shape index (κ3) is 4.68. The fraction of sp³-hybridized carbons (Fsp3) is 0.118. The number of ketones is 1. The lowest BCUT2D eigenvalue weighted by Gasteiger charge is -2.07. The minimum absolute atomic E-state index is 0.0867. The highest BCUT2D eigenvalue weighted by molar-refractivity contribution is 7.19. The summed E-state index contributed by atoms with van der Waals surface area (Å²) in [4.78, 5) is 35.0. The van der Waals surface area contributed by atoms with E-state index >= 15 is 0 Å². The van der Waals surface area contributed by atoms with Crippen LogP contribution in [0.1, 0.15) is 17.3 Å². The molecule has 11 heteroatoms. The van der Waals surface area contributed by atoms with Gasteiger partial charge in [0, 0.05) is 23.6 Å². The minimum atomic E-state index is -4.99. The van der Waals surface area contributed by atoms with Crippen molar-refractivity contribution >= 4 is 39.8 Å². The fourth-order valence-electron chi connectivity index (χ4n) is 2.12. The van der Waals surface area contributed by atoms with Crippen LogP contribution in [-0.4, -0.2) is 32.8 Å². The lowest BCUT2D eigenvalue weighted by atomic mass is 10.1. The number of aromatic nitrogens is 3. The lowest BCUT2D eigenvalue weighted by Crippen LogP contribution is -2.29. The maximum absolute atomic E-state index is 12.3. The smallest absolute Gasteiger partial charge is 0.324 e. The van der Waals surface area contributed by atoms with E-state index in [4.69, 9.17) is 0 Å². The van der Waals surface area contributed by atoms with Crippen LogP contribution in [0, 0.1) is 0 Å². The van der Waals surface area contributed by atoms with E-state index in [1.54, 1.807) is 35.6 Å². The largest absolute Gasteiger partial charge is 0.471 e. The molecule has 2 N–H and O–H groups in total. The van der Waals surface area contributed by atoms with Gasteiger partial charge in [0.15, 0.2) is 10.9 Å². The molecular formula is C17H12F3N5O2S.